The van der Waals surface area contributed by atoms with Gasteiger partial charge >= 0.3 is 0 Å². The molecule has 90 valence electrons. The van der Waals surface area contributed by atoms with E-state index in [0.29, 0.717) is 17.2 Å². The average molecular weight is 243 g/mol. The van der Waals surface area contributed by atoms with Gasteiger partial charge in [0.2, 0.25) is 0 Å². The predicted molar refractivity (Wildman–Crippen MR) is 65.1 cm³/mol. The number of halogens is 1. The minimum atomic E-state index is -1.06. The van der Waals surface area contributed by atoms with Gasteiger partial charge in [0.15, 0.2) is 0 Å². The van der Waals surface area contributed by atoms with E-state index in [-0.39, 0.29) is 11.2 Å². The van der Waals surface area contributed by atoms with Gasteiger partial charge in [0.25, 0.3) is 0 Å². The summed E-state index contributed by atoms with van der Waals surface area (Å²) < 4.78 is 24.5. The molecule has 16 heavy (non-hydrogen) atoms. The molecule has 0 amide bonds. The van der Waals surface area contributed by atoms with Crippen molar-refractivity contribution in [1.29, 1.82) is 0 Å². The molecule has 1 aromatic carbocycles. The molecule has 0 fully saturated rings. The Bertz CT molecular complexity index is 362. The molecule has 0 heterocycles. The first-order valence-electron chi connectivity index (χ1n) is 5.29. The van der Waals surface area contributed by atoms with E-state index in [1.807, 2.05) is 0 Å². The van der Waals surface area contributed by atoms with Crippen molar-refractivity contribution in [3.05, 3.63) is 30.1 Å². The van der Waals surface area contributed by atoms with Gasteiger partial charge in [0.05, 0.1) is 10.8 Å². The van der Waals surface area contributed by atoms with Crippen molar-refractivity contribution in [2.45, 2.75) is 25.2 Å². The number of rotatable bonds is 5. The van der Waals surface area contributed by atoms with Gasteiger partial charge in [-0.25, -0.2) is 4.39 Å². The maximum atomic E-state index is 12.7. The topological polar surface area (TPSA) is 43.1 Å². The molecule has 0 aliphatic heterocycles. The predicted octanol–water partition coefficient (Wildman–Crippen LogP) is 2.31. The summed E-state index contributed by atoms with van der Waals surface area (Å²) in [5, 5.41) is 0. The highest BCUT2D eigenvalue weighted by Crippen LogP contribution is 2.20. The van der Waals surface area contributed by atoms with Gasteiger partial charge in [-0.3, -0.25) is 4.21 Å². The smallest absolute Gasteiger partial charge is 0.123 e. The highest BCUT2D eigenvalue weighted by molar-refractivity contribution is 7.85. The Balaban J connectivity index is 2.56. The molecule has 0 aliphatic carbocycles. The summed E-state index contributed by atoms with van der Waals surface area (Å²) >= 11 is 0. The fourth-order valence-corrected chi connectivity index (χ4v) is 2.59. The van der Waals surface area contributed by atoms with Gasteiger partial charge < -0.3 is 5.73 Å². The molecule has 1 atom stereocenters. The normalized spacial score (nSPS) is 13.8. The van der Waals surface area contributed by atoms with Crippen LogP contribution in [0.2, 0.25) is 0 Å². The van der Waals surface area contributed by atoms with Crippen molar-refractivity contribution >= 4 is 10.8 Å². The molecule has 2 nitrogen and oxygen atoms in total. The van der Waals surface area contributed by atoms with Gasteiger partial charge in [0.1, 0.15) is 5.82 Å². The molecule has 0 saturated heterocycles. The van der Waals surface area contributed by atoms with Crippen LogP contribution in [0.25, 0.3) is 0 Å². The lowest BCUT2D eigenvalue weighted by molar-refractivity contribution is 0.367. The van der Waals surface area contributed by atoms with E-state index in [2.05, 4.69) is 13.8 Å². The van der Waals surface area contributed by atoms with Crippen molar-refractivity contribution < 1.29 is 8.60 Å². The molecule has 1 unspecified atom stereocenters. The SMILES string of the molecule is CC(C)(CN)CCS(=O)c1ccc(F)cc1. The second-order valence-corrected chi connectivity index (χ2v) is 6.19. The first kappa shape index (κ1) is 13.3. The zero-order chi connectivity index (χ0) is 12.2. The lowest BCUT2D eigenvalue weighted by Crippen LogP contribution is -2.25. The lowest BCUT2D eigenvalue weighted by atomic mass is 9.91. The summed E-state index contributed by atoms with van der Waals surface area (Å²) in [5.74, 6) is 0.263. The van der Waals surface area contributed by atoms with Crippen LogP contribution < -0.4 is 5.73 Å². The van der Waals surface area contributed by atoms with Crippen LogP contribution in [-0.2, 0) is 10.8 Å². The van der Waals surface area contributed by atoms with E-state index in [1.54, 1.807) is 12.1 Å². The van der Waals surface area contributed by atoms with Gasteiger partial charge in [-0.05, 0) is 42.6 Å². The van der Waals surface area contributed by atoms with Crippen LogP contribution >= 0.6 is 0 Å². The summed E-state index contributed by atoms with van der Waals surface area (Å²) in [6.45, 7) is 4.68. The van der Waals surface area contributed by atoms with Gasteiger partial charge in [-0.2, -0.15) is 0 Å². The Labute approximate surface area is 98.5 Å². The van der Waals surface area contributed by atoms with Gasteiger partial charge in [-0.15, -0.1) is 0 Å². The summed E-state index contributed by atoms with van der Waals surface area (Å²) in [6.07, 6.45) is 0.799. The van der Waals surface area contributed by atoms with Crippen molar-refractivity contribution in [2.24, 2.45) is 11.1 Å². The van der Waals surface area contributed by atoms with Crippen LogP contribution in [0.3, 0.4) is 0 Å². The van der Waals surface area contributed by atoms with Crippen LogP contribution in [0.15, 0.2) is 29.2 Å². The second-order valence-electron chi connectivity index (χ2n) is 4.62. The molecule has 0 radical (unpaired) electrons. The second kappa shape index (κ2) is 5.55. The lowest BCUT2D eigenvalue weighted by Gasteiger charge is -2.21. The largest absolute Gasteiger partial charge is 0.330 e. The summed E-state index contributed by atoms with van der Waals surface area (Å²) in [6, 6.07) is 5.81. The van der Waals surface area contributed by atoms with E-state index in [1.165, 1.54) is 12.1 Å². The maximum absolute atomic E-state index is 12.7. The van der Waals surface area contributed by atoms with Crippen LogP contribution in [-0.4, -0.2) is 16.5 Å². The van der Waals surface area contributed by atoms with Gasteiger partial charge in [-0.1, -0.05) is 13.8 Å². The zero-order valence-corrected chi connectivity index (χ0v) is 10.5. The van der Waals surface area contributed by atoms with Crippen LogP contribution in [0.5, 0.6) is 0 Å². The Hall–Kier alpha value is -0.740. The van der Waals surface area contributed by atoms with Crippen LogP contribution in [0.4, 0.5) is 4.39 Å². The maximum Gasteiger partial charge on any atom is 0.123 e. The van der Waals surface area contributed by atoms with E-state index in [9.17, 15) is 8.60 Å². The molecular formula is C12H18FNOS. The molecule has 4 heteroatoms. The van der Waals surface area contributed by atoms with E-state index in [4.69, 9.17) is 5.73 Å². The minimum Gasteiger partial charge on any atom is -0.330 e. The monoisotopic (exact) mass is 243 g/mol. The third-order valence-electron chi connectivity index (χ3n) is 2.59. The Kier molecular flexibility index (Phi) is 4.62. The zero-order valence-electron chi connectivity index (χ0n) is 9.70. The standard InChI is InChI=1S/C12H18FNOS/c1-12(2,9-14)7-8-16(15)11-5-3-10(13)4-6-11/h3-6H,7-9,14H2,1-2H3. The van der Waals surface area contributed by atoms with Gasteiger partial charge in [0, 0.05) is 10.6 Å². The third kappa shape index (κ3) is 4.02. The van der Waals surface area contributed by atoms with Crippen molar-refractivity contribution in [2.75, 3.05) is 12.3 Å². The Morgan fingerprint density at radius 2 is 1.88 bits per heavy atom. The Morgan fingerprint density at radius 3 is 2.38 bits per heavy atom. The number of hydrogen-bond acceptors (Lipinski definition) is 2. The third-order valence-corrected chi connectivity index (χ3v) is 3.97. The highest BCUT2D eigenvalue weighted by Gasteiger charge is 2.17. The summed E-state index contributed by atoms with van der Waals surface area (Å²) in [4.78, 5) is 0.675. The molecule has 0 aliphatic rings. The quantitative estimate of drug-likeness (QED) is 0.862. The Morgan fingerprint density at radius 1 is 1.31 bits per heavy atom. The molecule has 2 N–H and O–H groups in total. The molecular weight excluding hydrogens is 225 g/mol. The van der Waals surface area contributed by atoms with E-state index < -0.39 is 10.8 Å². The molecule has 1 aromatic rings. The number of hydrogen-bond donors (Lipinski definition) is 1. The van der Waals surface area contributed by atoms with Crippen LogP contribution in [0, 0.1) is 11.2 Å². The number of benzene rings is 1. The average Bonchev–Trinajstić information content (AvgIpc) is 2.27. The molecule has 0 bridgehead atoms. The fraction of sp³-hybridized carbons (Fsp3) is 0.500. The minimum absolute atomic E-state index is 0.00961. The first-order chi connectivity index (χ1) is 7.44. The molecule has 1 rings (SSSR count). The van der Waals surface area contributed by atoms with Crippen LogP contribution in [0.1, 0.15) is 20.3 Å². The summed E-state index contributed by atoms with van der Waals surface area (Å²) in [5.41, 5.74) is 5.61. The van der Waals surface area contributed by atoms with E-state index in [0.717, 1.165) is 6.42 Å². The molecule has 0 spiro atoms. The van der Waals surface area contributed by atoms with Crippen molar-refractivity contribution in [3.8, 4) is 0 Å². The van der Waals surface area contributed by atoms with Crippen molar-refractivity contribution in [1.82, 2.24) is 0 Å². The highest BCUT2D eigenvalue weighted by atomic mass is 32.2. The summed E-state index contributed by atoms with van der Waals surface area (Å²) in [7, 11) is -1.06. The van der Waals surface area contributed by atoms with E-state index >= 15 is 0 Å². The number of nitrogens with two attached hydrogens (primary N) is 1. The fourth-order valence-electron chi connectivity index (χ4n) is 1.18. The molecule has 0 saturated carbocycles. The van der Waals surface area contributed by atoms with Crippen molar-refractivity contribution in [3.63, 3.8) is 0 Å². The first-order valence-corrected chi connectivity index (χ1v) is 6.60. The molecule has 0 aromatic heterocycles.